The van der Waals surface area contributed by atoms with Gasteiger partial charge in [0.2, 0.25) is 0 Å². The number of nitrogens with two attached hydrogens (primary N) is 1. The van der Waals surface area contributed by atoms with Crippen molar-refractivity contribution < 1.29 is 0 Å². The van der Waals surface area contributed by atoms with Crippen LogP contribution in [0.15, 0.2) is 24.4 Å². The van der Waals surface area contributed by atoms with Gasteiger partial charge in [0.05, 0.1) is 11.9 Å². The van der Waals surface area contributed by atoms with Crippen molar-refractivity contribution in [3.8, 4) is 17.1 Å². The van der Waals surface area contributed by atoms with Gasteiger partial charge in [-0.05, 0) is 35.5 Å². The van der Waals surface area contributed by atoms with Crippen LogP contribution in [0, 0.1) is 6.92 Å². The van der Waals surface area contributed by atoms with Gasteiger partial charge in [-0.1, -0.05) is 11.6 Å². The third-order valence-electron chi connectivity index (χ3n) is 2.94. The van der Waals surface area contributed by atoms with Gasteiger partial charge in [-0.25, -0.2) is 0 Å². The minimum absolute atomic E-state index is 0.529. The monoisotopic (exact) mass is 289 g/mol. The van der Waals surface area contributed by atoms with E-state index in [0.717, 1.165) is 11.4 Å². The Morgan fingerprint density at radius 2 is 2.10 bits per heavy atom. The van der Waals surface area contributed by atoms with Crippen molar-refractivity contribution in [3.63, 3.8) is 0 Å². The molecule has 0 saturated carbocycles. The summed E-state index contributed by atoms with van der Waals surface area (Å²) in [5.74, 6) is 0.529. The third-order valence-corrected chi connectivity index (χ3v) is 3.18. The standard InChI is InChI=1S/C12H12ClN7/c1-7-11(6-19(2)16-7)20-12(15-17-18-20)9-5-8(13)3-4-10(9)14/h3-6H,14H2,1-2H3. The molecule has 102 valence electrons. The second kappa shape index (κ2) is 4.61. The number of hydrogen-bond acceptors (Lipinski definition) is 5. The van der Waals surface area contributed by atoms with E-state index in [1.54, 1.807) is 27.6 Å². The predicted octanol–water partition coefficient (Wildman–Crippen LogP) is 1.61. The molecule has 0 amide bonds. The highest BCUT2D eigenvalue weighted by atomic mass is 35.5. The summed E-state index contributed by atoms with van der Waals surface area (Å²) in [6.07, 6.45) is 1.84. The van der Waals surface area contributed by atoms with Gasteiger partial charge in [0.25, 0.3) is 0 Å². The molecule has 0 bridgehead atoms. The average Bonchev–Trinajstić information content (AvgIpc) is 2.98. The van der Waals surface area contributed by atoms with Crippen LogP contribution < -0.4 is 5.73 Å². The first-order valence-corrected chi connectivity index (χ1v) is 6.28. The molecule has 3 aromatic rings. The SMILES string of the molecule is Cc1nn(C)cc1-n1nnnc1-c1cc(Cl)ccc1N. The number of nitrogen functional groups attached to an aromatic ring is 1. The van der Waals surface area contributed by atoms with Crippen LogP contribution in [-0.4, -0.2) is 30.0 Å². The summed E-state index contributed by atoms with van der Waals surface area (Å²) in [5.41, 5.74) is 8.85. The highest BCUT2D eigenvalue weighted by Gasteiger charge is 2.16. The maximum atomic E-state index is 6.02. The summed E-state index contributed by atoms with van der Waals surface area (Å²) >= 11 is 6.02. The predicted molar refractivity (Wildman–Crippen MR) is 75.5 cm³/mol. The van der Waals surface area contributed by atoms with Crippen LogP contribution in [0.3, 0.4) is 0 Å². The van der Waals surface area contributed by atoms with Crippen LogP contribution in [0.25, 0.3) is 17.1 Å². The Morgan fingerprint density at radius 1 is 1.30 bits per heavy atom. The molecular formula is C12H12ClN7. The maximum Gasteiger partial charge on any atom is 0.189 e. The molecule has 0 spiro atoms. The minimum Gasteiger partial charge on any atom is -0.398 e. The van der Waals surface area contributed by atoms with Crippen molar-refractivity contribution >= 4 is 17.3 Å². The molecule has 20 heavy (non-hydrogen) atoms. The van der Waals surface area contributed by atoms with Gasteiger partial charge in [-0.2, -0.15) is 9.78 Å². The lowest BCUT2D eigenvalue weighted by Gasteiger charge is -2.06. The van der Waals surface area contributed by atoms with E-state index in [9.17, 15) is 0 Å². The molecule has 0 aliphatic heterocycles. The number of hydrogen-bond donors (Lipinski definition) is 1. The quantitative estimate of drug-likeness (QED) is 0.724. The first kappa shape index (κ1) is 12.6. The number of halogens is 1. The number of benzene rings is 1. The number of anilines is 1. The zero-order valence-corrected chi connectivity index (χ0v) is 11.7. The Bertz CT molecular complexity index is 774. The van der Waals surface area contributed by atoms with Crippen LogP contribution in [0.5, 0.6) is 0 Å². The lowest BCUT2D eigenvalue weighted by molar-refractivity contribution is 0.755. The summed E-state index contributed by atoms with van der Waals surface area (Å²) in [6, 6.07) is 5.20. The van der Waals surface area contributed by atoms with E-state index >= 15 is 0 Å². The third kappa shape index (κ3) is 2.01. The normalized spacial score (nSPS) is 10.9. The molecule has 0 saturated heterocycles. The van der Waals surface area contributed by atoms with E-state index in [1.165, 1.54) is 0 Å². The van der Waals surface area contributed by atoms with E-state index in [-0.39, 0.29) is 0 Å². The van der Waals surface area contributed by atoms with Crippen LogP contribution in [0.2, 0.25) is 5.02 Å². The van der Waals surface area contributed by atoms with Crippen molar-refractivity contribution in [1.82, 2.24) is 30.0 Å². The second-order valence-electron chi connectivity index (χ2n) is 4.42. The molecule has 0 aliphatic carbocycles. The van der Waals surface area contributed by atoms with Crippen molar-refractivity contribution in [1.29, 1.82) is 0 Å². The minimum atomic E-state index is 0.529. The summed E-state index contributed by atoms with van der Waals surface area (Å²) in [7, 11) is 1.84. The molecule has 7 nitrogen and oxygen atoms in total. The smallest absolute Gasteiger partial charge is 0.189 e. The largest absolute Gasteiger partial charge is 0.398 e. The molecule has 2 N–H and O–H groups in total. The number of aromatic nitrogens is 6. The molecule has 0 atom stereocenters. The van der Waals surface area contributed by atoms with Crippen LogP contribution in [0.4, 0.5) is 5.69 Å². The van der Waals surface area contributed by atoms with E-state index in [2.05, 4.69) is 20.6 Å². The molecule has 0 unspecified atom stereocenters. The van der Waals surface area contributed by atoms with Gasteiger partial charge in [0.1, 0.15) is 5.69 Å². The fourth-order valence-electron chi connectivity index (χ4n) is 2.03. The van der Waals surface area contributed by atoms with Crippen molar-refractivity contribution in [2.75, 3.05) is 5.73 Å². The van der Waals surface area contributed by atoms with Gasteiger partial charge in [-0.15, -0.1) is 5.10 Å². The summed E-state index contributed by atoms with van der Waals surface area (Å²) in [6.45, 7) is 1.89. The second-order valence-corrected chi connectivity index (χ2v) is 4.86. The Labute approximate surface area is 120 Å². The molecule has 1 aromatic carbocycles. The van der Waals surface area contributed by atoms with Crippen LogP contribution in [-0.2, 0) is 7.05 Å². The summed E-state index contributed by atoms with van der Waals surface area (Å²) in [4.78, 5) is 0. The van der Waals surface area contributed by atoms with E-state index < -0.39 is 0 Å². The van der Waals surface area contributed by atoms with Crippen LogP contribution >= 0.6 is 11.6 Å². The lowest BCUT2D eigenvalue weighted by Crippen LogP contribution is -2.02. The molecule has 0 radical (unpaired) electrons. The zero-order valence-electron chi connectivity index (χ0n) is 10.9. The Balaban J connectivity index is 2.20. The first-order chi connectivity index (χ1) is 9.56. The number of tetrazole rings is 1. The Hall–Kier alpha value is -2.41. The maximum absolute atomic E-state index is 6.02. The first-order valence-electron chi connectivity index (χ1n) is 5.90. The fourth-order valence-corrected chi connectivity index (χ4v) is 2.21. The number of aryl methyl sites for hydroxylation is 2. The Kier molecular flexibility index (Phi) is 2.90. The molecular weight excluding hydrogens is 278 g/mol. The molecule has 3 rings (SSSR count). The molecule has 8 heteroatoms. The van der Waals surface area contributed by atoms with Gasteiger partial charge in [0.15, 0.2) is 5.82 Å². The average molecular weight is 290 g/mol. The van der Waals surface area contributed by atoms with Crippen molar-refractivity contribution in [3.05, 3.63) is 35.1 Å². The summed E-state index contributed by atoms with van der Waals surface area (Å²) in [5, 5.41) is 16.6. The fraction of sp³-hybridized carbons (Fsp3) is 0.167. The molecule has 0 fully saturated rings. The number of nitrogens with zero attached hydrogens (tertiary/aromatic N) is 6. The van der Waals surface area contributed by atoms with Crippen LogP contribution in [0.1, 0.15) is 5.69 Å². The topological polar surface area (TPSA) is 87.4 Å². The molecule has 0 aliphatic rings. The van der Waals surface area contributed by atoms with Crippen molar-refractivity contribution in [2.24, 2.45) is 7.05 Å². The summed E-state index contributed by atoms with van der Waals surface area (Å²) < 4.78 is 3.31. The highest BCUT2D eigenvalue weighted by molar-refractivity contribution is 6.31. The van der Waals surface area contributed by atoms with Crippen molar-refractivity contribution in [2.45, 2.75) is 6.92 Å². The lowest BCUT2D eigenvalue weighted by atomic mass is 10.1. The molecule has 2 aromatic heterocycles. The molecule has 2 heterocycles. The Morgan fingerprint density at radius 3 is 2.80 bits per heavy atom. The van der Waals surface area contributed by atoms with Gasteiger partial charge < -0.3 is 5.73 Å². The van der Waals surface area contributed by atoms with E-state index in [4.69, 9.17) is 17.3 Å². The highest BCUT2D eigenvalue weighted by Crippen LogP contribution is 2.28. The van der Waals surface area contributed by atoms with Gasteiger partial charge in [0, 0.05) is 23.3 Å². The van der Waals surface area contributed by atoms with E-state index in [0.29, 0.717) is 22.1 Å². The number of rotatable bonds is 2. The van der Waals surface area contributed by atoms with Gasteiger partial charge >= 0.3 is 0 Å². The van der Waals surface area contributed by atoms with E-state index in [1.807, 2.05) is 20.2 Å². The zero-order chi connectivity index (χ0) is 14.3. The van der Waals surface area contributed by atoms with Gasteiger partial charge in [-0.3, -0.25) is 4.68 Å².